The Morgan fingerprint density at radius 3 is 0.857 bits per heavy atom. The first-order valence-corrected chi connectivity index (χ1v) is 24.7. The summed E-state index contributed by atoms with van der Waals surface area (Å²) in [6.45, 7) is 10.6. The second-order valence-corrected chi connectivity index (χ2v) is 24.2. The van der Waals surface area contributed by atoms with Crippen molar-refractivity contribution >= 4 is 106 Å². The maximum atomic E-state index is 12.2. The van der Waals surface area contributed by atoms with Gasteiger partial charge in [-0.2, -0.15) is 0 Å². The fourth-order valence-corrected chi connectivity index (χ4v) is 14.3. The van der Waals surface area contributed by atoms with Crippen LogP contribution in [0, 0.1) is 0 Å². The summed E-state index contributed by atoms with van der Waals surface area (Å²) < 4.78 is -1.92. The van der Waals surface area contributed by atoms with Crippen molar-refractivity contribution < 1.29 is 58.5 Å². The van der Waals surface area contributed by atoms with Gasteiger partial charge in [-0.15, -0.1) is 35.3 Å². The molecule has 0 aliphatic carbocycles. The van der Waals surface area contributed by atoms with Crippen LogP contribution in [-0.4, -0.2) is 152 Å². The van der Waals surface area contributed by atoms with Crippen molar-refractivity contribution in [2.24, 2.45) is 0 Å². The van der Waals surface area contributed by atoms with Gasteiger partial charge in [0.1, 0.15) is 34.2 Å². The third kappa shape index (κ3) is 10.9. The van der Waals surface area contributed by atoms with Gasteiger partial charge >= 0.3 is 17.4 Å². The fourth-order valence-electron chi connectivity index (χ4n) is 9.40. The number of hydrogen-bond donors (Lipinski definition) is 3. The maximum absolute atomic E-state index is 12.2. The molecule has 366 valence electrons. The molecule has 0 radical (unpaired) electrons. The number of rotatable bonds is 12. The van der Waals surface area contributed by atoms with Crippen LogP contribution in [0.15, 0.2) is 91.0 Å². The summed E-state index contributed by atoms with van der Waals surface area (Å²) in [5, 5.41) is 41.1. The molecule has 6 amide bonds. The van der Waals surface area contributed by atoms with Gasteiger partial charge in [0.25, 0.3) is 0 Å². The summed E-state index contributed by atoms with van der Waals surface area (Å²) >= 11 is 4.15. The predicted molar refractivity (Wildman–Crippen MR) is 255 cm³/mol. The minimum absolute atomic E-state index is 0. The number of fused-ring (bicyclic) bond motifs is 3. The van der Waals surface area contributed by atoms with E-state index < -0.39 is 68.4 Å². The average molecular weight is 1030 g/mol. The Hall–Kier alpha value is -5.53. The number of carbonyl (C=O) groups is 9. The standard InChI is InChI=1S/3C16H18N2O4S.Al/c3*1-16(2)12(15(21)22)18-13(20)11(14(18)23-16)17-10(19)8-9-6-4-3-5-7-9;/h3*3-7,11-12,14H,8H2,1-2H3,(H,17,19)(H,21,22);/q;;;+3/p-3/t3*11-,12+,14-;/m111./s1. The summed E-state index contributed by atoms with van der Waals surface area (Å²) in [6, 6.07) is 22.8. The van der Waals surface area contributed by atoms with Crippen molar-refractivity contribution in [3.05, 3.63) is 108 Å². The van der Waals surface area contributed by atoms with E-state index in [0.717, 1.165) is 16.7 Å². The summed E-state index contributed by atoms with van der Waals surface area (Å²) in [5.41, 5.74) is 2.59. The summed E-state index contributed by atoms with van der Waals surface area (Å²) in [7, 11) is 0. The van der Waals surface area contributed by atoms with Crippen LogP contribution in [0.3, 0.4) is 0 Å². The quantitative estimate of drug-likeness (QED) is 0.133. The van der Waals surface area contributed by atoms with Crippen molar-refractivity contribution in [1.29, 1.82) is 0 Å². The van der Waals surface area contributed by atoms with Gasteiger partial charge in [0, 0.05) is 14.2 Å². The Bertz CT molecular complexity index is 2270. The number of hydrogen-bond acceptors (Lipinski definition) is 15. The van der Waals surface area contributed by atoms with Crippen molar-refractivity contribution in [2.45, 2.75) is 127 Å². The number of amides is 6. The molecule has 0 saturated carbocycles. The van der Waals surface area contributed by atoms with Crippen LogP contribution in [0.5, 0.6) is 0 Å². The molecule has 3 aromatic carbocycles. The molecule has 70 heavy (non-hydrogen) atoms. The van der Waals surface area contributed by atoms with Crippen molar-refractivity contribution in [2.75, 3.05) is 0 Å². The molecule has 6 aliphatic heterocycles. The van der Waals surface area contributed by atoms with Crippen molar-refractivity contribution in [3.8, 4) is 0 Å². The van der Waals surface area contributed by atoms with E-state index in [0.29, 0.717) is 0 Å². The largest absolute Gasteiger partial charge is 3.00 e. The molecule has 3 N–H and O–H groups in total. The van der Waals surface area contributed by atoms with E-state index >= 15 is 0 Å². The first-order valence-electron chi connectivity index (χ1n) is 22.1. The van der Waals surface area contributed by atoms with Crippen LogP contribution in [0.1, 0.15) is 58.2 Å². The minimum Gasteiger partial charge on any atom is -0.548 e. The average Bonchev–Trinajstić information content (AvgIpc) is 3.82. The fraction of sp³-hybridized carbons (Fsp3) is 0.438. The number of β-lactam (4-membered cyclic amide) rings is 3. The van der Waals surface area contributed by atoms with Gasteiger partial charge in [-0.3, -0.25) is 28.8 Å². The molecule has 0 bridgehead atoms. The van der Waals surface area contributed by atoms with Crippen LogP contribution in [0.2, 0.25) is 0 Å². The van der Waals surface area contributed by atoms with Gasteiger partial charge in [-0.1, -0.05) is 91.0 Å². The monoisotopic (exact) mass is 1030 g/mol. The van der Waals surface area contributed by atoms with E-state index in [4.69, 9.17) is 0 Å². The molecule has 0 aromatic heterocycles. The Kier molecular flexibility index (Phi) is 16.2. The summed E-state index contributed by atoms with van der Waals surface area (Å²) in [4.78, 5) is 111. The molecular weight excluding hydrogens is 976 g/mol. The van der Waals surface area contributed by atoms with E-state index in [2.05, 4.69) is 16.0 Å². The molecule has 6 saturated heterocycles. The maximum Gasteiger partial charge on any atom is 3.00 e. The Balaban J connectivity index is 0.000000171. The molecular formula is C48H51AlN6O12S3. The predicted octanol–water partition coefficient (Wildman–Crippen LogP) is -1.80. The van der Waals surface area contributed by atoms with Crippen LogP contribution in [0.25, 0.3) is 0 Å². The molecule has 9 atom stereocenters. The molecule has 6 aliphatic rings. The zero-order valence-corrected chi connectivity index (χ0v) is 42.6. The number of carboxylic acid groups (broad SMARTS) is 3. The van der Waals surface area contributed by atoms with E-state index in [9.17, 15) is 58.5 Å². The van der Waals surface area contributed by atoms with Gasteiger partial charge < -0.3 is 60.4 Å². The third-order valence-corrected chi connectivity index (χ3v) is 17.3. The van der Waals surface area contributed by atoms with Gasteiger partial charge in [-0.25, -0.2) is 0 Å². The second kappa shape index (κ2) is 21.1. The third-order valence-electron chi connectivity index (χ3n) is 12.6. The van der Waals surface area contributed by atoms with Gasteiger partial charge in [-0.05, 0) is 58.2 Å². The number of benzene rings is 3. The normalized spacial score (nSPS) is 27.6. The zero-order valence-electron chi connectivity index (χ0n) is 39.0. The van der Waals surface area contributed by atoms with E-state index in [-0.39, 0.29) is 88.2 Å². The minimum atomic E-state index is -1.26. The second-order valence-electron chi connectivity index (χ2n) is 18.9. The molecule has 6 heterocycles. The van der Waals surface area contributed by atoms with Crippen LogP contribution in [0.4, 0.5) is 0 Å². The number of nitrogens with zero attached hydrogens (tertiary/aromatic N) is 3. The number of carbonyl (C=O) groups excluding carboxylic acids is 9. The molecule has 6 fully saturated rings. The first-order chi connectivity index (χ1) is 32.4. The van der Waals surface area contributed by atoms with E-state index in [1.807, 2.05) is 91.0 Å². The molecule has 3 aromatic rings. The van der Waals surface area contributed by atoms with E-state index in [1.54, 1.807) is 41.5 Å². The number of carboxylic acids is 3. The smallest absolute Gasteiger partial charge is 0.548 e. The van der Waals surface area contributed by atoms with Crippen LogP contribution < -0.4 is 31.3 Å². The number of thioether (sulfide) groups is 3. The Morgan fingerprint density at radius 2 is 0.657 bits per heavy atom. The molecule has 9 rings (SSSR count). The Labute approximate surface area is 427 Å². The van der Waals surface area contributed by atoms with Gasteiger partial charge in [0.2, 0.25) is 35.4 Å². The topological polar surface area (TPSA) is 269 Å². The SMILES string of the molecule is CC1(C)S[C@@H]2[C@H](NC(=O)Cc3ccccc3)C(=O)N2[C@H]1C(=O)[O-].CC1(C)S[C@@H]2[C@H](NC(=O)Cc3ccccc3)C(=O)N2[C@H]1C(=O)[O-].CC1(C)S[C@@H]2[C@H](NC(=O)Cc3ccccc3)C(=O)N2[C@H]1C(=O)[O-].[Al+3]. The first kappa shape index (κ1) is 53.8. The van der Waals surface area contributed by atoms with Crippen LogP contribution >= 0.6 is 35.3 Å². The number of aliphatic carboxylic acids is 3. The number of nitrogens with one attached hydrogen (secondary N) is 3. The molecule has 0 unspecified atom stereocenters. The van der Waals surface area contributed by atoms with Crippen LogP contribution in [-0.2, 0) is 62.4 Å². The molecule has 22 heteroatoms. The Morgan fingerprint density at radius 1 is 0.443 bits per heavy atom. The van der Waals surface area contributed by atoms with Gasteiger partial charge in [0.15, 0.2) is 0 Å². The molecule has 18 nitrogen and oxygen atoms in total. The zero-order chi connectivity index (χ0) is 50.3. The van der Waals surface area contributed by atoms with Gasteiger partial charge in [0.05, 0.1) is 55.3 Å². The summed E-state index contributed by atoms with van der Waals surface area (Å²) in [5.74, 6) is -5.58. The van der Waals surface area contributed by atoms with E-state index in [1.165, 1.54) is 50.0 Å². The molecule has 0 spiro atoms. The summed E-state index contributed by atoms with van der Waals surface area (Å²) in [6.07, 6.45) is 0.569. The van der Waals surface area contributed by atoms with Crippen molar-refractivity contribution in [3.63, 3.8) is 0 Å². The van der Waals surface area contributed by atoms with Crippen molar-refractivity contribution in [1.82, 2.24) is 30.7 Å².